The van der Waals surface area contributed by atoms with Gasteiger partial charge < -0.3 is 19.5 Å². The molecule has 0 spiro atoms. The molecule has 0 radical (unpaired) electrons. The summed E-state index contributed by atoms with van der Waals surface area (Å²) in [6.45, 7) is 4.76. The summed E-state index contributed by atoms with van der Waals surface area (Å²) in [7, 11) is 1.65. The molecule has 0 aromatic carbocycles. The molecule has 18 heavy (non-hydrogen) atoms. The molecule has 0 aliphatic carbocycles. The zero-order chi connectivity index (χ0) is 12.8. The first-order valence-corrected chi connectivity index (χ1v) is 6.49. The first-order valence-electron chi connectivity index (χ1n) is 6.49. The van der Waals surface area contributed by atoms with Crippen molar-refractivity contribution in [2.75, 3.05) is 53.2 Å². The maximum Gasteiger partial charge on any atom is 0.234 e. The lowest BCUT2D eigenvalue weighted by Crippen LogP contribution is -2.52. The van der Waals surface area contributed by atoms with E-state index in [-0.39, 0.29) is 18.1 Å². The average molecular weight is 258 g/mol. The Bertz CT molecular complexity index is 269. The number of nitrogens with one attached hydrogen (secondary N) is 1. The lowest BCUT2D eigenvalue weighted by Gasteiger charge is -2.32. The fourth-order valence-corrected chi connectivity index (χ4v) is 2.32. The Kier molecular flexibility index (Phi) is 5.37. The molecule has 0 aromatic heterocycles. The number of carbonyl (C=O) groups is 1. The molecule has 0 bridgehead atoms. The Balaban J connectivity index is 1.75. The minimum atomic E-state index is -0.0348. The standard InChI is InChI=1S/C12H22N2O4/c1-16-11-9-18-5-2-10(11)13-12(15)8-14-3-6-17-7-4-14/h10-11H,2-9H2,1H3,(H,13,15)/t10-,11-/m0/s1. The van der Waals surface area contributed by atoms with Crippen LogP contribution in [-0.2, 0) is 19.0 Å². The van der Waals surface area contributed by atoms with E-state index >= 15 is 0 Å². The van der Waals surface area contributed by atoms with Crippen molar-refractivity contribution in [3.05, 3.63) is 0 Å². The Labute approximate surface area is 108 Å². The molecule has 2 rings (SSSR count). The van der Waals surface area contributed by atoms with Crippen LogP contribution in [0.25, 0.3) is 0 Å². The van der Waals surface area contributed by atoms with Crippen molar-refractivity contribution in [1.29, 1.82) is 0 Å². The zero-order valence-corrected chi connectivity index (χ0v) is 10.9. The highest BCUT2D eigenvalue weighted by atomic mass is 16.5. The number of rotatable bonds is 4. The third kappa shape index (κ3) is 3.91. The monoisotopic (exact) mass is 258 g/mol. The number of amides is 1. The van der Waals surface area contributed by atoms with E-state index in [0.29, 0.717) is 33.0 Å². The summed E-state index contributed by atoms with van der Waals surface area (Å²) < 4.78 is 15.9. The summed E-state index contributed by atoms with van der Waals surface area (Å²) in [5.74, 6) is 0.0610. The minimum absolute atomic E-state index is 0.0348. The summed E-state index contributed by atoms with van der Waals surface area (Å²) in [4.78, 5) is 14.1. The molecule has 2 atom stereocenters. The highest BCUT2D eigenvalue weighted by Gasteiger charge is 2.27. The average Bonchev–Trinajstić information content (AvgIpc) is 2.40. The zero-order valence-electron chi connectivity index (χ0n) is 10.9. The SMILES string of the molecule is CO[C@H]1COCC[C@@H]1NC(=O)CN1CCOCC1. The highest BCUT2D eigenvalue weighted by molar-refractivity contribution is 5.78. The Morgan fingerprint density at radius 2 is 2.11 bits per heavy atom. The van der Waals surface area contributed by atoms with E-state index in [1.165, 1.54) is 0 Å². The third-order valence-electron chi connectivity index (χ3n) is 3.42. The van der Waals surface area contributed by atoms with Crippen molar-refractivity contribution < 1.29 is 19.0 Å². The molecule has 0 aromatic rings. The van der Waals surface area contributed by atoms with Gasteiger partial charge in [0.25, 0.3) is 0 Å². The van der Waals surface area contributed by atoms with Crippen molar-refractivity contribution in [2.24, 2.45) is 0 Å². The van der Waals surface area contributed by atoms with Crippen LogP contribution >= 0.6 is 0 Å². The van der Waals surface area contributed by atoms with Gasteiger partial charge in [0, 0.05) is 26.8 Å². The summed E-state index contributed by atoms with van der Waals surface area (Å²) in [5.41, 5.74) is 0. The smallest absolute Gasteiger partial charge is 0.234 e. The van der Waals surface area contributed by atoms with Gasteiger partial charge in [0.2, 0.25) is 5.91 Å². The Morgan fingerprint density at radius 1 is 1.33 bits per heavy atom. The number of methoxy groups -OCH3 is 1. The fourth-order valence-electron chi connectivity index (χ4n) is 2.32. The second-order valence-corrected chi connectivity index (χ2v) is 4.70. The van der Waals surface area contributed by atoms with E-state index in [2.05, 4.69) is 10.2 Å². The van der Waals surface area contributed by atoms with Crippen LogP contribution in [0.4, 0.5) is 0 Å². The molecule has 104 valence electrons. The molecule has 1 N–H and O–H groups in total. The molecule has 6 nitrogen and oxygen atoms in total. The van der Waals surface area contributed by atoms with Gasteiger partial charge in [-0.1, -0.05) is 0 Å². The minimum Gasteiger partial charge on any atom is -0.379 e. The molecular weight excluding hydrogens is 236 g/mol. The fraction of sp³-hybridized carbons (Fsp3) is 0.917. The summed E-state index contributed by atoms with van der Waals surface area (Å²) in [6, 6.07) is 0.0669. The first kappa shape index (κ1) is 13.7. The lowest BCUT2D eigenvalue weighted by molar-refractivity contribution is -0.127. The predicted octanol–water partition coefficient (Wildman–Crippen LogP) is -0.761. The summed E-state index contributed by atoms with van der Waals surface area (Å²) in [5, 5.41) is 3.04. The van der Waals surface area contributed by atoms with E-state index < -0.39 is 0 Å². The van der Waals surface area contributed by atoms with E-state index in [1.54, 1.807) is 7.11 Å². The molecule has 0 unspecified atom stereocenters. The Hall–Kier alpha value is -0.690. The van der Waals surface area contributed by atoms with Gasteiger partial charge in [-0.05, 0) is 6.42 Å². The van der Waals surface area contributed by atoms with Crippen molar-refractivity contribution in [3.63, 3.8) is 0 Å². The topological polar surface area (TPSA) is 60.0 Å². The van der Waals surface area contributed by atoms with Crippen LogP contribution in [0.2, 0.25) is 0 Å². The predicted molar refractivity (Wildman–Crippen MR) is 65.4 cm³/mol. The maximum atomic E-state index is 12.0. The van der Waals surface area contributed by atoms with E-state index in [0.717, 1.165) is 19.5 Å². The normalized spacial score (nSPS) is 30.1. The molecular formula is C12H22N2O4. The number of carbonyl (C=O) groups excluding carboxylic acids is 1. The molecule has 2 aliphatic rings. The summed E-state index contributed by atoms with van der Waals surface area (Å²) >= 11 is 0. The number of ether oxygens (including phenoxy) is 3. The van der Waals surface area contributed by atoms with Crippen molar-refractivity contribution in [1.82, 2.24) is 10.2 Å². The third-order valence-corrected chi connectivity index (χ3v) is 3.42. The van der Waals surface area contributed by atoms with E-state index in [1.807, 2.05) is 0 Å². The van der Waals surface area contributed by atoms with Gasteiger partial charge in [0.05, 0.1) is 32.4 Å². The van der Waals surface area contributed by atoms with Gasteiger partial charge in [0.15, 0.2) is 0 Å². The maximum absolute atomic E-state index is 12.0. The number of nitrogens with zero attached hydrogens (tertiary/aromatic N) is 1. The number of morpholine rings is 1. The molecule has 2 heterocycles. The molecule has 1 amide bonds. The van der Waals surface area contributed by atoms with Crippen molar-refractivity contribution in [3.8, 4) is 0 Å². The second-order valence-electron chi connectivity index (χ2n) is 4.70. The van der Waals surface area contributed by atoms with Gasteiger partial charge in [-0.25, -0.2) is 0 Å². The quantitative estimate of drug-likeness (QED) is 0.718. The van der Waals surface area contributed by atoms with Crippen LogP contribution in [0, 0.1) is 0 Å². The largest absolute Gasteiger partial charge is 0.379 e. The molecule has 2 fully saturated rings. The van der Waals surface area contributed by atoms with E-state index in [9.17, 15) is 4.79 Å². The lowest BCUT2D eigenvalue weighted by atomic mass is 10.1. The van der Waals surface area contributed by atoms with Crippen molar-refractivity contribution in [2.45, 2.75) is 18.6 Å². The van der Waals surface area contributed by atoms with Crippen LogP contribution in [0.5, 0.6) is 0 Å². The van der Waals surface area contributed by atoms with E-state index in [4.69, 9.17) is 14.2 Å². The van der Waals surface area contributed by atoms with Gasteiger partial charge >= 0.3 is 0 Å². The first-order chi connectivity index (χ1) is 8.79. The van der Waals surface area contributed by atoms with Crippen LogP contribution < -0.4 is 5.32 Å². The molecule has 0 saturated carbocycles. The van der Waals surface area contributed by atoms with Crippen LogP contribution in [-0.4, -0.2) is 76.1 Å². The summed E-state index contributed by atoms with van der Waals surface area (Å²) in [6.07, 6.45) is 0.778. The number of hydrogen-bond donors (Lipinski definition) is 1. The molecule has 6 heteroatoms. The second kappa shape index (κ2) is 7.04. The molecule has 2 aliphatic heterocycles. The van der Waals surface area contributed by atoms with Crippen LogP contribution in [0.3, 0.4) is 0 Å². The van der Waals surface area contributed by atoms with Crippen molar-refractivity contribution >= 4 is 5.91 Å². The van der Waals surface area contributed by atoms with Crippen LogP contribution in [0.15, 0.2) is 0 Å². The van der Waals surface area contributed by atoms with Gasteiger partial charge in [-0.3, -0.25) is 9.69 Å². The van der Waals surface area contributed by atoms with Gasteiger partial charge in [0.1, 0.15) is 6.10 Å². The van der Waals surface area contributed by atoms with Gasteiger partial charge in [-0.2, -0.15) is 0 Å². The van der Waals surface area contributed by atoms with Gasteiger partial charge in [-0.15, -0.1) is 0 Å². The number of hydrogen-bond acceptors (Lipinski definition) is 5. The highest BCUT2D eigenvalue weighted by Crippen LogP contribution is 2.10. The molecule has 2 saturated heterocycles. The van der Waals surface area contributed by atoms with Crippen LogP contribution in [0.1, 0.15) is 6.42 Å². The Morgan fingerprint density at radius 3 is 2.83 bits per heavy atom.